The van der Waals surface area contributed by atoms with Gasteiger partial charge in [-0.05, 0) is 0 Å². The lowest BCUT2D eigenvalue weighted by Gasteiger charge is -2.17. The van der Waals surface area contributed by atoms with Crippen LogP contribution in [0.15, 0.2) is 0 Å². The predicted molar refractivity (Wildman–Crippen MR) is 52.0 cm³/mol. The average Bonchev–Trinajstić information content (AvgIpc) is 2.27. The molecule has 0 amide bonds. The molecule has 0 bridgehead atoms. The van der Waals surface area contributed by atoms with Gasteiger partial charge in [0.2, 0.25) is 0 Å². The molecule has 0 saturated heterocycles. The van der Waals surface area contributed by atoms with Gasteiger partial charge in [-0.2, -0.15) is 0 Å². The fraction of sp³-hybridized carbons (Fsp3) is 0.700. The molecule has 1 atom stereocenters. The molecule has 0 aromatic heterocycles. The van der Waals surface area contributed by atoms with Crippen molar-refractivity contribution in [3.8, 4) is 0 Å². The quantitative estimate of drug-likeness (QED) is 0.496. The molecule has 0 aromatic carbocycles. The van der Waals surface area contributed by atoms with E-state index in [0.717, 1.165) is 0 Å². The van der Waals surface area contributed by atoms with Gasteiger partial charge in [0, 0.05) is 12.3 Å². The van der Waals surface area contributed by atoms with Crippen LogP contribution in [-0.4, -0.2) is 31.9 Å². The van der Waals surface area contributed by atoms with Gasteiger partial charge < -0.3 is 9.47 Å². The Hall–Kier alpha value is -1.39. The van der Waals surface area contributed by atoms with Gasteiger partial charge >= 0.3 is 11.9 Å². The molecule has 86 valence electrons. The van der Waals surface area contributed by atoms with Crippen molar-refractivity contribution in [3.63, 3.8) is 0 Å². The maximum absolute atomic E-state index is 11.4. The van der Waals surface area contributed by atoms with Crippen LogP contribution in [0.2, 0.25) is 0 Å². The van der Waals surface area contributed by atoms with Gasteiger partial charge in [-0.15, -0.1) is 0 Å². The van der Waals surface area contributed by atoms with Crippen molar-refractivity contribution in [2.45, 2.75) is 20.3 Å². The molecule has 0 spiro atoms. The number of ether oxygens (including phenoxy) is 2. The molecule has 0 aromatic rings. The van der Waals surface area contributed by atoms with E-state index in [9.17, 15) is 14.4 Å². The first-order chi connectivity index (χ1) is 6.99. The van der Waals surface area contributed by atoms with Gasteiger partial charge in [0.05, 0.1) is 14.2 Å². The molecular formula is C10H16O5. The van der Waals surface area contributed by atoms with Gasteiger partial charge in [0.25, 0.3) is 0 Å². The van der Waals surface area contributed by atoms with Gasteiger partial charge in [-0.1, -0.05) is 13.8 Å². The van der Waals surface area contributed by atoms with E-state index in [-0.39, 0.29) is 12.2 Å². The minimum Gasteiger partial charge on any atom is -0.468 e. The number of hydrogen-bond acceptors (Lipinski definition) is 5. The van der Waals surface area contributed by atoms with E-state index in [4.69, 9.17) is 0 Å². The zero-order valence-electron chi connectivity index (χ0n) is 9.40. The summed E-state index contributed by atoms with van der Waals surface area (Å²) in [5, 5.41) is 0. The van der Waals surface area contributed by atoms with Crippen molar-refractivity contribution < 1.29 is 23.9 Å². The van der Waals surface area contributed by atoms with Crippen molar-refractivity contribution in [3.05, 3.63) is 0 Å². The number of esters is 2. The predicted octanol–water partition coefficient (Wildman–Crippen LogP) is 0.564. The van der Waals surface area contributed by atoms with E-state index >= 15 is 0 Å². The van der Waals surface area contributed by atoms with Crippen molar-refractivity contribution in [2.24, 2.45) is 11.8 Å². The van der Waals surface area contributed by atoms with Crippen LogP contribution < -0.4 is 0 Å². The summed E-state index contributed by atoms with van der Waals surface area (Å²) in [6.45, 7) is 3.19. The van der Waals surface area contributed by atoms with E-state index in [2.05, 4.69) is 9.47 Å². The second kappa shape index (κ2) is 6.16. The zero-order chi connectivity index (χ0) is 12.0. The molecule has 15 heavy (non-hydrogen) atoms. The minimum atomic E-state index is -1.16. The van der Waals surface area contributed by atoms with E-state index in [1.54, 1.807) is 6.92 Å². The fourth-order valence-electron chi connectivity index (χ4n) is 1.27. The Morgan fingerprint density at radius 3 is 1.73 bits per heavy atom. The van der Waals surface area contributed by atoms with E-state index in [1.165, 1.54) is 21.1 Å². The van der Waals surface area contributed by atoms with Crippen molar-refractivity contribution in [2.75, 3.05) is 14.2 Å². The summed E-state index contributed by atoms with van der Waals surface area (Å²) < 4.78 is 8.92. The third-order valence-corrected chi connectivity index (χ3v) is 2.27. The molecular weight excluding hydrogens is 200 g/mol. The van der Waals surface area contributed by atoms with E-state index in [0.29, 0.717) is 0 Å². The van der Waals surface area contributed by atoms with E-state index < -0.39 is 23.8 Å². The summed E-state index contributed by atoms with van der Waals surface area (Å²) in [6, 6.07) is 0. The third-order valence-electron chi connectivity index (χ3n) is 2.27. The first kappa shape index (κ1) is 13.6. The minimum absolute atomic E-state index is 0.171. The smallest absolute Gasteiger partial charge is 0.320 e. The Kier molecular flexibility index (Phi) is 5.59. The van der Waals surface area contributed by atoms with Crippen LogP contribution in [0.1, 0.15) is 20.3 Å². The molecule has 1 unspecified atom stereocenters. The fourth-order valence-corrected chi connectivity index (χ4v) is 1.27. The Labute approximate surface area is 88.7 Å². The molecule has 0 radical (unpaired) electrons. The normalized spacial score (nSPS) is 12.1. The summed E-state index contributed by atoms with van der Waals surface area (Å²) in [4.78, 5) is 34.0. The van der Waals surface area contributed by atoms with Crippen molar-refractivity contribution >= 4 is 17.7 Å². The SMILES string of the molecule is CCC(=O)C(C)C(C(=O)OC)C(=O)OC. The molecule has 5 nitrogen and oxygen atoms in total. The number of carbonyl (C=O) groups is 3. The number of ketones is 1. The first-order valence-corrected chi connectivity index (χ1v) is 4.67. The van der Waals surface area contributed by atoms with Crippen LogP contribution >= 0.6 is 0 Å². The van der Waals surface area contributed by atoms with Crippen LogP contribution in [0.25, 0.3) is 0 Å². The van der Waals surface area contributed by atoms with Crippen LogP contribution in [0.5, 0.6) is 0 Å². The lowest BCUT2D eigenvalue weighted by atomic mass is 9.89. The van der Waals surface area contributed by atoms with Crippen LogP contribution in [-0.2, 0) is 23.9 Å². The number of rotatable bonds is 5. The monoisotopic (exact) mass is 216 g/mol. The molecule has 0 heterocycles. The molecule has 0 fully saturated rings. The topological polar surface area (TPSA) is 69.7 Å². The number of carbonyl (C=O) groups excluding carboxylic acids is 3. The van der Waals surface area contributed by atoms with Crippen molar-refractivity contribution in [1.82, 2.24) is 0 Å². The Balaban J connectivity index is 4.85. The lowest BCUT2D eigenvalue weighted by Crippen LogP contribution is -2.35. The third kappa shape index (κ3) is 3.34. The molecule has 0 rings (SSSR count). The molecule has 0 saturated carbocycles. The maximum Gasteiger partial charge on any atom is 0.320 e. The number of Topliss-reactive ketones (excluding diaryl/α,β-unsaturated/α-hetero) is 1. The second-order valence-corrected chi connectivity index (χ2v) is 3.13. The van der Waals surface area contributed by atoms with Crippen LogP contribution in [0.4, 0.5) is 0 Å². The van der Waals surface area contributed by atoms with Crippen LogP contribution in [0.3, 0.4) is 0 Å². The van der Waals surface area contributed by atoms with Crippen molar-refractivity contribution in [1.29, 1.82) is 0 Å². The van der Waals surface area contributed by atoms with Gasteiger partial charge in [0.1, 0.15) is 5.78 Å². The molecule has 0 N–H and O–H groups in total. The number of hydrogen-bond donors (Lipinski definition) is 0. The highest BCUT2D eigenvalue weighted by Gasteiger charge is 2.37. The summed E-state index contributed by atoms with van der Waals surface area (Å²) in [5.41, 5.74) is 0. The second-order valence-electron chi connectivity index (χ2n) is 3.13. The Bertz CT molecular complexity index is 243. The molecule has 0 aliphatic rings. The first-order valence-electron chi connectivity index (χ1n) is 4.67. The van der Waals surface area contributed by atoms with Gasteiger partial charge in [-0.3, -0.25) is 14.4 Å². The van der Waals surface area contributed by atoms with E-state index in [1.807, 2.05) is 0 Å². The highest BCUT2D eigenvalue weighted by molar-refractivity contribution is 6.00. The molecule has 5 heteroatoms. The average molecular weight is 216 g/mol. The Morgan fingerprint density at radius 2 is 1.47 bits per heavy atom. The summed E-state index contributed by atoms with van der Waals surface area (Å²) >= 11 is 0. The molecule has 0 aliphatic heterocycles. The number of methoxy groups -OCH3 is 2. The zero-order valence-corrected chi connectivity index (χ0v) is 9.40. The van der Waals surface area contributed by atoms with Crippen LogP contribution in [0, 0.1) is 11.8 Å². The summed E-state index contributed by atoms with van der Waals surface area (Å²) in [6.07, 6.45) is 0.269. The standard InChI is InChI=1S/C10H16O5/c1-5-7(11)6(2)8(9(12)14-3)10(13)15-4/h6,8H,5H2,1-4H3. The molecule has 0 aliphatic carbocycles. The summed E-state index contributed by atoms with van der Waals surface area (Å²) in [7, 11) is 2.34. The Morgan fingerprint density at radius 1 is 1.07 bits per heavy atom. The van der Waals surface area contributed by atoms with Gasteiger partial charge in [0.15, 0.2) is 5.92 Å². The van der Waals surface area contributed by atoms with Gasteiger partial charge in [-0.25, -0.2) is 0 Å². The summed E-state index contributed by atoms with van der Waals surface area (Å²) in [5.74, 6) is -3.52. The highest BCUT2D eigenvalue weighted by Crippen LogP contribution is 2.17. The maximum atomic E-state index is 11.4. The largest absolute Gasteiger partial charge is 0.468 e. The lowest BCUT2D eigenvalue weighted by molar-refractivity contribution is -0.163. The highest BCUT2D eigenvalue weighted by atomic mass is 16.5.